The summed E-state index contributed by atoms with van der Waals surface area (Å²) in [4.78, 5) is 42.9. The van der Waals surface area contributed by atoms with Crippen LogP contribution in [0.25, 0.3) is 0 Å². The second-order valence-electron chi connectivity index (χ2n) is 10.0. The first kappa shape index (κ1) is 26.5. The molecule has 2 aliphatic rings. The fourth-order valence-corrected chi connectivity index (χ4v) is 5.94. The zero-order valence-electron chi connectivity index (χ0n) is 22.4. The van der Waals surface area contributed by atoms with E-state index >= 15 is 0 Å². The van der Waals surface area contributed by atoms with E-state index in [9.17, 15) is 14.4 Å². The second-order valence-corrected chi connectivity index (χ2v) is 10.0. The van der Waals surface area contributed by atoms with Gasteiger partial charge in [0.15, 0.2) is 0 Å². The van der Waals surface area contributed by atoms with Gasteiger partial charge in [-0.15, -0.1) is 0 Å². The van der Waals surface area contributed by atoms with Crippen LogP contribution in [0.3, 0.4) is 0 Å². The normalized spacial score (nSPS) is 19.2. The van der Waals surface area contributed by atoms with Gasteiger partial charge in [-0.2, -0.15) is 0 Å². The van der Waals surface area contributed by atoms with Crippen LogP contribution in [0.15, 0.2) is 72.8 Å². The van der Waals surface area contributed by atoms with E-state index in [0.717, 1.165) is 37.7 Å². The lowest BCUT2D eigenvalue weighted by Crippen LogP contribution is -2.51. The van der Waals surface area contributed by atoms with E-state index < -0.39 is 17.9 Å². The summed E-state index contributed by atoms with van der Waals surface area (Å²) in [5, 5.41) is 3.02. The van der Waals surface area contributed by atoms with Crippen LogP contribution in [-0.4, -0.2) is 42.4 Å². The molecule has 2 atom stereocenters. The molecule has 202 valence electrons. The first-order chi connectivity index (χ1) is 19.0. The van der Waals surface area contributed by atoms with Crippen molar-refractivity contribution in [3.63, 3.8) is 0 Å². The van der Waals surface area contributed by atoms with Crippen LogP contribution in [0, 0.1) is 0 Å². The number of methoxy groups -OCH3 is 1. The molecule has 7 nitrogen and oxygen atoms in total. The summed E-state index contributed by atoms with van der Waals surface area (Å²) >= 11 is 0. The van der Waals surface area contributed by atoms with E-state index in [1.54, 1.807) is 38.3 Å². The zero-order valence-corrected chi connectivity index (χ0v) is 22.4. The number of ether oxygens (including phenoxy) is 2. The van der Waals surface area contributed by atoms with Crippen molar-refractivity contribution in [2.75, 3.05) is 19.0 Å². The summed E-state index contributed by atoms with van der Waals surface area (Å²) < 4.78 is 10.6. The first-order valence-electron chi connectivity index (χ1n) is 13.7. The van der Waals surface area contributed by atoms with Crippen molar-refractivity contribution in [2.24, 2.45) is 0 Å². The Balaban J connectivity index is 1.62. The molecule has 3 aromatic carbocycles. The number of anilines is 1. The number of carbonyl (C=O) groups is 3. The van der Waals surface area contributed by atoms with Gasteiger partial charge in [-0.05, 0) is 61.2 Å². The largest absolute Gasteiger partial charge is 0.497 e. The number of nitrogens with one attached hydrogen (secondary N) is 1. The van der Waals surface area contributed by atoms with Crippen LogP contribution in [-0.2, 0) is 9.53 Å². The topological polar surface area (TPSA) is 84.9 Å². The van der Waals surface area contributed by atoms with E-state index in [2.05, 4.69) is 5.32 Å². The van der Waals surface area contributed by atoms with Crippen LogP contribution in [0.1, 0.15) is 82.8 Å². The van der Waals surface area contributed by atoms with E-state index in [0.29, 0.717) is 22.6 Å². The van der Waals surface area contributed by atoms with Gasteiger partial charge < -0.3 is 19.7 Å². The number of esters is 1. The highest BCUT2D eigenvalue weighted by atomic mass is 16.5. The van der Waals surface area contributed by atoms with Gasteiger partial charge in [0.05, 0.1) is 36.9 Å². The Kier molecular flexibility index (Phi) is 7.96. The third-order valence-corrected chi connectivity index (χ3v) is 7.76. The van der Waals surface area contributed by atoms with E-state index in [4.69, 9.17) is 9.47 Å². The third-order valence-electron chi connectivity index (χ3n) is 7.76. The maximum Gasteiger partial charge on any atom is 0.340 e. The smallest absolute Gasteiger partial charge is 0.340 e. The average molecular weight is 527 g/mol. The third kappa shape index (κ3) is 5.26. The minimum atomic E-state index is -0.690. The predicted molar refractivity (Wildman–Crippen MR) is 149 cm³/mol. The average Bonchev–Trinajstić information content (AvgIpc) is 2.98. The molecular formula is C32H34N2O5. The van der Waals surface area contributed by atoms with Gasteiger partial charge in [0.25, 0.3) is 5.91 Å². The van der Waals surface area contributed by atoms with Gasteiger partial charge in [-0.1, -0.05) is 61.7 Å². The molecule has 1 aliphatic carbocycles. The highest BCUT2D eigenvalue weighted by Crippen LogP contribution is 2.46. The van der Waals surface area contributed by atoms with Gasteiger partial charge in [0, 0.05) is 11.6 Å². The van der Waals surface area contributed by atoms with Gasteiger partial charge in [-0.25, -0.2) is 4.79 Å². The zero-order chi connectivity index (χ0) is 27.4. The highest BCUT2D eigenvalue weighted by Gasteiger charge is 2.46. The number of rotatable bonds is 7. The maximum absolute atomic E-state index is 14.3. The lowest BCUT2D eigenvalue weighted by Gasteiger charge is -2.46. The van der Waals surface area contributed by atoms with Crippen molar-refractivity contribution in [3.8, 4) is 5.75 Å². The molecule has 2 amide bonds. The number of nitrogens with zero attached hydrogens (tertiary/aromatic N) is 1. The number of hydrogen-bond donors (Lipinski definition) is 1. The monoisotopic (exact) mass is 526 g/mol. The molecule has 1 N–H and O–H groups in total. The minimum absolute atomic E-state index is 0.0360. The summed E-state index contributed by atoms with van der Waals surface area (Å²) in [5.74, 6) is -0.815. The van der Waals surface area contributed by atoms with E-state index in [1.165, 1.54) is 0 Å². The Bertz CT molecular complexity index is 1350. The van der Waals surface area contributed by atoms with Gasteiger partial charge >= 0.3 is 5.97 Å². The van der Waals surface area contributed by atoms with E-state index in [-0.39, 0.29) is 30.0 Å². The van der Waals surface area contributed by atoms with Crippen molar-refractivity contribution in [3.05, 3.63) is 95.1 Å². The molecule has 0 bridgehead atoms. The van der Waals surface area contributed by atoms with Crippen molar-refractivity contribution in [2.45, 2.75) is 57.0 Å². The van der Waals surface area contributed by atoms with Crippen LogP contribution in [0.5, 0.6) is 5.75 Å². The summed E-state index contributed by atoms with van der Waals surface area (Å²) in [7, 11) is 1.61. The Morgan fingerprint density at radius 3 is 2.33 bits per heavy atom. The lowest BCUT2D eigenvalue weighted by atomic mass is 9.77. The lowest BCUT2D eigenvalue weighted by molar-refractivity contribution is -0.119. The van der Waals surface area contributed by atoms with Crippen molar-refractivity contribution < 1.29 is 23.9 Å². The Morgan fingerprint density at radius 2 is 1.62 bits per heavy atom. The van der Waals surface area contributed by atoms with Crippen molar-refractivity contribution in [1.29, 1.82) is 0 Å². The van der Waals surface area contributed by atoms with Crippen LogP contribution < -0.4 is 10.1 Å². The minimum Gasteiger partial charge on any atom is -0.497 e. The molecular weight excluding hydrogens is 492 g/mol. The molecule has 1 heterocycles. The van der Waals surface area contributed by atoms with Crippen molar-refractivity contribution in [1.82, 2.24) is 4.90 Å². The van der Waals surface area contributed by atoms with Crippen LogP contribution in [0.2, 0.25) is 0 Å². The molecule has 1 aliphatic heterocycles. The SMILES string of the molecule is CCOC(=O)c1ccccc1NC(=O)[C@@H]1c2ccccc2C(=O)N(C2CCCCC2)[C@@H]1c1ccc(OC)cc1. The molecule has 0 unspecified atom stereocenters. The molecule has 0 radical (unpaired) electrons. The Labute approximate surface area is 229 Å². The number of benzene rings is 3. The second kappa shape index (κ2) is 11.7. The molecule has 1 fully saturated rings. The molecule has 5 rings (SSSR count). The molecule has 0 saturated heterocycles. The fraction of sp³-hybridized carbons (Fsp3) is 0.344. The fourth-order valence-electron chi connectivity index (χ4n) is 5.94. The summed E-state index contributed by atoms with van der Waals surface area (Å²) in [6.45, 7) is 1.98. The summed E-state index contributed by atoms with van der Waals surface area (Å²) in [6.07, 6.45) is 5.06. The van der Waals surface area contributed by atoms with Crippen molar-refractivity contribution >= 4 is 23.5 Å². The maximum atomic E-state index is 14.3. The Morgan fingerprint density at radius 1 is 0.923 bits per heavy atom. The van der Waals surface area contributed by atoms with Crippen LogP contribution >= 0.6 is 0 Å². The highest BCUT2D eigenvalue weighted by molar-refractivity contribution is 6.07. The predicted octanol–water partition coefficient (Wildman–Crippen LogP) is 6.12. The number of carbonyl (C=O) groups excluding carboxylic acids is 3. The van der Waals surface area contributed by atoms with E-state index in [1.807, 2.05) is 53.4 Å². The molecule has 0 aromatic heterocycles. The standard InChI is InChI=1S/C32H34N2O5/c1-3-39-32(37)26-15-9-10-16-27(26)33-30(35)28-24-13-7-8-14-25(24)31(36)34(22-11-5-4-6-12-22)29(28)21-17-19-23(38-2)20-18-21/h7-10,13-20,22,28-29H,3-6,11-12H2,1-2H3,(H,33,35)/t28-,29-/m1/s1. The molecule has 39 heavy (non-hydrogen) atoms. The molecule has 7 heteroatoms. The van der Waals surface area contributed by atoms with Gasteiger partial charge in [-0.3, -0.25) is 9.59 Å². The van der Waals surface area contributed by atoms with Gasteiger partial charge in [0.2, 0.25) is 5.91 Å². The molecule has 1 saturated carbocycles. The number of amides is 2. The quantitative estimate of drug-likeness (QED) is 0.375. The number of fused-ring (bicyclic) bond motifs is 1. The number of hydrogen-bond acceptors (Lipinski definition) is 5. The summed E-state index contributed by atoms with van der Waals surface area (Å²) in [5.41, 5.74) is 2.77. The molecule has 3 aromatic rings. The Hall–Kier alpha value is -4.13. The first-order valence-corrected chi connectivity index (χ1v) is 13.7. The van der Waals surface area contributed by atoms with Crippen LogP contribution in [0.4, 0.5) is 5.69 Å². The number of para-hydroxylation sites is 1. The summed E-state index contributed by atoms with van der Waals surface area (Å²) in [6, 6.07) is 21.4. The molecule has 0 spiro atoms. The van der Waals surface area contributed by atoms with Gasteiger partial charge in [0.1, 0.15) is 5.75 Å².